The smallest absolute Gasteiger partial charge is 0.122 e. The summed E-state index contributed by atoms with van der Waals surface area (Å²) in [6, 6.07) is 0. The monoisotopic (exact) mass is 281 g/mol. The van der Waals surface area contributed by atoms with E-state index in [4.69, 9.17) is 23.2 Å². The Morgan fingerprint density at radius 3 is 2.31 bits per heavy atom. The Bertz CT molecular complexity index is 215. The molecule has 4 heteroatoms. The van der Waals surface area contributed by atoms with Gasteiger partial charge in [0.15, 0.2) is 0 Å². The number of rotatable bonds is 5. The van der Waals surface area contributed by atoms with Gasteiger partial charge in [-0.2, -0.15) is 11.8 Å². The molecule has 1 heterocycles. The Morgan fingerprint density at radius 2 is 1.75 bits per heavy atom. The normalized spacial score (nSPS) is 30.0. The molecule has 0 amide bonds. The van der Waals surface area contributed by atoms with Crippen LogP contribution in [0.3, 0.4) is 0 Å². The fraction of sp³-hybridized carbons (Fsp3) is 1.00. The van der Waals surface area contributed by atoms with Gasteiger partial charge in [-0.15, -0.1) is 23.2 Å². The van der Waals surface area contributed by atoms with Crippen LogP contribution in [0.5, 0.6) is 0 Å². The van der Waals surface area contributed by atoms with E-state index in [-0.39, 0.29) is 4.33 Å². The van der Waals surface area contributed by atoms with E-state index in [1.165, 1.54) is 51.1 Å². The molecule has 1 atom stereocenters. The summed E-state index contributed by atoms with van der Waals surface area (Å²) < 4.78 is -0.379. The quantitative estimate of drug-likeness (QED) is 0.557. The van der Waals surface area contributed by atoms with Crippen LogP contribution in [0.15, 0.2) is 0 Å². The Labute approximate surface area is 113 Å². The van der Waals surface area contributed by atoms with Crippen molar-refractivity contribution in [2.45, 2.75) is 36.4 Å². The highest BCUT2D eigenvalue weighted by Crippen LogP contribution is 2.54. The first-order chi connectivity index (χ1) is 7.68. The number of likely N-dealkylation sites (tertiary alicyclic amines) is 1. The molecule has 0 aromatic heterocycles. The zero-order valence-electron chi connectivity index (χ0n) is 9.76. The van der Waals surface area contributed by atoms with Crippen LogP contribution in [0.1, 0.15) is 32.1 Å². The molecule has 0 N–H and O–H groups in total. The van der Waals surface area contributed by atoms with E-state index in [1.54, 1.807) is 0 Å². The summed E-state index contributed by atoms with van der Waals surface area (Å²) in [5.74, 6) is 2.92. The van der Waals surface area contributed by atoms with Gasteiger partial charge in [-0.1, -0.05) is 12.8 Å². The van der Waals surface area contributed by atoms with E-state index in [1.807, 2.05) is 11.8 Å². The number of hydrogen-bond acceptors (Lipinski definition) is 2. The van der Waals surface area contributed by atoms with E-state index in [9.17, 15) is 0 Å². The number of nitrogens with zero attached hydrogens (tertiary/aromatic N) is 1. The van der Waals surface area contributed by atoms with E-state index < -0.39 is 0 Å². The van der Waals surface area contributed by atoms with Gasteiger partial charge in [-0.05, 0) is 38.1 Å². The van der Waals surface area contributed by atoms with Crippen LogP contribution < -0.4 is 0 Å². The highest BCUT2D eigenvalue weighted by atomic mass is 35.5. The molecule has 2 fully saturated rings. The molecular formula is C12H21Cl2NS. The van der Waals surface area contributed by atoms with Crippen LogP contribution in [-0.2, 0) is 0 Å². The third kappa shape index (κ3) is 4.29. The highest BCUT2D eigenvalue weighted by molar-refractivity contribution is 7.99. The summed E-state index contributed by atoms with van der Waals surface area (Å²) in [4.78, 5) is 2.61. The molecule has 1 aliphatic heterocycles. The maximum atomic E-state index is 6.00. The Morgan fingerprint density at radius 1 is 1.12 bits per heavy atom. The molecule has 2 rings (SSSR count). The summed E-state index contributed by atoms with van der Waals surface area (Å²) in [6.07, 6.45) is 6.62. The molecule has 1 aliphatic carbocycles. The molecule has 94 valence electrons. The van der Waals surface area contributed by atoms with Crippen LogP contribution in [0.4, 0.5) is 0 Å². The summed E-state index contributed by atoms with van der Waals surface area (Å²) in [5, 5.41) is 0. The van der Waals surface area contributed by atoms with E-state index in [0.717, 1.165) is 12.2 Å². The fourth-order valence-electron chi connectivity index (χ4n) is 2.23. The van der Waals surface area contributed by atoms with Gasteiger partial charge < -0.3 is 4.90 Å². The van der Waals surface area contributed by atoms with Crippen molar-refractivity contribution in [1.29, 1.82) is 0 Å². The summed E-state index contributed by atoms with van der Waals surface area (Å²) in [7, 11) is 0. The second-order valence-corrected chi connectivity index (χ2v) is 7.69. The summed E-state index contributed by atoms with van der Waals surface area (Å²) in [5.41, 5.74) is 0. The first-order valence-corrected chi connectivity index (χ1v) is 8.27. The maximum Gasteiger partial charge on any atom is 0.122 e. The number of alkyl halides is 2. The molecule has 1 saturated carbocycles. The average Bonchev–Trinajstić information content (AvgIpc) is 2.92. The second kappa shape index (κ2) is 6.17. The van der Waals surface area contributed by atoms with Crippen molar-refractivity contribution in [2.24, 2.45) is 5.92 Å². The van der Waals surface area contributed by atoms with Gasteiger partial charge in [0.1, 0.15) is 4.33 Å². The summed E-state index contributed by atoms with van der Waals surface area (Å²) in [6.45, 7) is 3.85. The molecule has 1 saturated heterocycles. The van der Waals surface area contributed by atoms with Gasteiger partial charge >= 0.3 is 0 Å². The van der Waals surface area contributed by atoms with E-state index in [0.29, 0.717) is 5.92 Å². The van der Waals surface area contributed by atoms with E-state index in [2.05, 4.69) is 4.90 Å². The predicted molar refractivity (Wildman–Crippen MR) is 74.8 cm³/mol. The minimum atomic E-state index is -0.379. The fourth-order valence-corrected chi connectivity index (χ4v) is 4.18. The molecule has 1 unspecified atom stereocenters. The zero-order valence-corrected chi connectivity index (χ0v) is 12.1. The van der Waals surface area contributed by atoms with Crippen LogP contribution in [-0.4, -0.2) is 40.4 Å². The lowest BCUT2D eigenvalue weighted by atomic mass is 10.2. The average molecular weight is 282 g/mol. The summed E-state index contributed by atoms with van der Waals surface area (Å²) >= 11 is 14.0. The van der Waals surface area contributed by atoms with E-state index >= 15 is 0 Å². The van der Waals surface area contributed by atoms with Crippen molar-refractivity contribution in [3.63, 3.8) is 0 Å². The Balaban J connectivity index is 1.51. The van der Waals surface area contributed by atoms with Crippen LogP contribution in [0.25, 0.3) is 0 Å². The van der Waals surface area contributed by atoms with Crippen LogP contribution in [0, 0.1) is 5.92 Å². The molecule has 0 bridgehead atoms. The molecular weight excluding hydrogens is 261 g/mol. The molecule has 2 aliphatic rings. The molecule has 0 aromatic carbocycles. The van der Waals surface area contributed by atoms with Gasteiger partial charge in [0.05, 0.1) is 0 Å². The van der Waals surface area contributed by atoms with Crippen molar-refractivity contribution < 1.29 is 0 Å². The number of thioether (sulfide) groups is 1. The first-order valence-electron chi connectivity index (χ1n) is 6.36. The first kappa shape index (κ1) is 13.3. The van der Waals surface area contributed by atoms with Gasteiger partial charge in [0.2, 0.25) is 0 Å². The molecule has 1 nitrogen and oxygen atoms in total. The molecule has 0 radical (unpaired) electrons. The Hall–Kier alpha value is 0.890. The lowest BCUT2D eigenvalue weighted by Crippen LogP contribution is -2.27. The molecule has 0 spiro atoms. The minimum absolute atomic E-state index is 0.379. The zero-order chi connectivity index (χ0) is 11.4. The van der Waals surface area contributed by atoms with Crippen LogP contribution in [0.2, 0.25) is 0 Å². The number of hydrogen-bond donors (Lipinski definition) is 0. The van der Waals surface area contributed by atoms with Crippen molar-refractivity contribution >= 4 is 35.0 Å². The third-order valence-electron chi connectivity index (χ3n) is 3.53. The highest BCUT2D eigenvalue weighted by Gasteiger charge is 2.50. The van der Waals surface area contributed by atoms with Crippen LogP contribution >= 0.6 is 35.0 Å². The van der Waals surface area contributed by atoms with Crippen molar-refractivity contribution in [3.05, 3.63) is 0 Å². The van der Waals surface area contributed by atoms with Gasteiger partial charge in [-0.25, -0.2) is 0 Å². The standard InChI is InChI=1S/C12H21Cl2NS/c13-12(14)9-11(12)10-16-8-7-15-5-3-1-2-4-6-15/h11H,1-10H2. The predicted octanol–water partition coefficient (Wildman–Crippen LogP) is 3.79. The second-order valence-electron chi connectivity index (χ2n) is 4.99. The van der Waals surface area contributed by atoms with Crippen molar-refractivity contribution in [3.8, 4) is 0 Å². The van der Waals surface area contributed by atoms with Crippen molar-refractivity contribution in [2.75, 3.05) is 31.1 Å². The minimum Gasteiger partial charge on any atom is -0.303 e. The Kier molecular flexibility index (Phi) is 5.14. The lowest BCUT2D eigenvalue weighted by Gasteiger charge is -2.19. The third-order valence-corrected chi connectivity index (χ3v) is 5.56. The van der Waals surface area contributed by atoms with Gasteiger partial charge in [0.25, 0.3) is 0 Å². The topological polar surface area (TPSA) is 3.24 Å². The van der Waals surface area contributed by atoms with Gasteiger partial charge in [0, 0.05) is 18.2 Å². The SMILES string of the molecule is ClC1(Cl)CC1CSCCN1CCCCCC1. The van der Waals surface area contributed by atoms with Gasteiger partial charge in [-0.3, -0.25) is 0 Å². The largest absolute Gasteiger partial charge is 0.303 e. The lowest BCUT2D eigenvalue weighted by molar-refractivity contribution is 0.303. The molecule has 0 aromatic rings. The maximum absolute atomic E-state index is 6.00. The number of halogens is 2. The van der Waals surface area contributed by atoms with Crippen molar-refractivity contribution in [1.82, 2.24) is 4.90 Å². The molecule has 16 heavy (non-hydrogen) atoms.